The minimum atomic E-state index is -0.537. The number of carbonyl (C=O) groups excluding carboxylic acids is 2. The van der Waals surface area contributed by atoms with Crippen LogP contribution in [0.1, 0.15) is 28.1 Å². The molecule has 2 heterocycles. The molecule has 7 heteroatoms. The first-order valence-corrected chi connectivity index (χ1v) is 8.78. The number of ketones is 1. The summed E-state index contributed by atoms with van der Waals surface area (Å²) in [6.07, 6.45) is 0.0815. The molecule has 0 amide bonds. The summed E-state index contributed by atoms with van der Waals surface area (Å²) in [5.41, 5.74) is 0.359. The Morgan fingerprint density at radius 1 is 1.15 bits per heavy atom. The van der Waals surface area contributed by atoms with Gasteiger partial charge in [-0.25, -0.2) is 4.79 Å². The number of hydrogen-bond donors (Lipinski definition) is 0. The van der Waals surface area contributed by atoms with Crippen molar-refractivity contribution in [2.45, 2.75) is 19.4 Å². The molecule has 1 aromatic carbocycles. The second-order valence-corrected chi connectivity index (χ2v) is 6.46. The largest absolute Gasteiger partial charge is 0.497 e. The van der Waals surface area contributed by atoms with Gasteiger partial charge in [-0.15, -0.1) is 11.3 Å². The molecule has 134 valence electrons. The summed E-state index contributed by atoms with van der Waals surface area (Å²) in [6, 6.07) is 9.87. The lowest BCUT2D eigenvalue weighted by Crippen LogP contribution is -2.09. The predicted octanol–water partition coefficient (Wildman–Crippen LogP) is 3.57. The summed E-state index contributed by atoms with van der Waals surface area (Å²) in [7, 11) is 1.52. The van der Waals surface area contributed by atoms with Gasteiger partial charge in [0.2, 0.25) is 0 Å². The van der Waals surface area contributed by atoms with E-state index in [4.69, 9.17) is 13.9 Å². The summed E-state index contributed by atoms with van der Waals surface area (Å²) >= 11 is 1.34. The van der Waals surface area contributed by atoms with Gasteiger partial charge in [-0.05, 0) is 23.6 Å². The summed E-state index contributed by atoms with van der Waals surface area (Å²) in [5.74, 6) is -0.0263. The summed E-state index contributed by atoms with van der Waals surface area (Å²) in [6.45, 7) is -0.0690. The lowest BCUT2D eigenvalue weighted by atomic mass is 10.1. The quantitative estimate of drug-likeness (QED) is 0.358. The Bertz CT molecular complexity index is 987. The van der Waals surface area contributed by atoms with Gasteiger partial charge >= 0.3 is 11.6 Å². The smallest absolute Gasteiger partial charge is 0.336 e. The number of hydrogen-bond acceptors (Lipinski definition) is 7. The zero-order valence-corrected chi connectivity index (χ0v) is 14.8. The zero-order valence-electron chi connectivity index (χ0n) is 14.0. The van der Waals surface area contributed by atoms with Crippen LogP contribution in [0.4, 0.5) is 0 Å². The zero-order chi connectivity index (χ0) is 18.5. The second kappa shape index (κ2) is 7.97. The van der Waals surface area contributed by atoms with Gasteiger partial charge in [0, 0.05) is 29.5 Å². The van der Waals surface area contributed by atoms with Crippen LogP contribution in [0, 0.1) is 0 Å². The molecule has 6 nitrogen and oxygen atoms in total. The first kappa shape index (κ1) is 17.9. The number of methoxy groups -OCH3 is 1. The highest BCUT2D eigenvalue weighted by Gasteiger charge is 2.13. The van der Waals surface area contributed by atoms with Crippen molar-refractivity contribution < 1.29 is 23.5 Å². The monoisotopic (exact) mass is 372 g/mol. The van der Waals surface area contributed by atoms with Gasteiger partial charge in [-0.1, -0.05) is 6.07 Å². The lowest BCUT2D eigenvalue weighted by Gasteiger charge is -2.08. The van der Waals surface area contributed by atoms with Crippen LogP contribution in [0.3, 0.4) is 0 Å². The molecule has 0 radical (unpaired) electrons. The second-order valence-electron chi connectivity index (χ2n) is 5.51. The Kier molecular flexibility index (Phi) is 5.48. The molecule has 0 spiro atoms. The number of Topliss-reactive ketones (excluding diaryl/α,β-unsaturated/α-hetero) is 1. The van der Waals surface area contributed by atoms with E-state index in [0.717, 1.165) is 0 Å². The van der Waals surface area contributed by atoms with Crippen molar-refractivity contribution >= 4 is 34.1 Å². The highest BCUT2D eigenvalue weighted by atomic mass is 32.1. The lowest BCUT2D eigenvalue weighted by molar-refractivity contribution is -0.144. The molecule has 0 N–H and O–H groups in total. The van der Waals surface area contributed by atoms with Gasteiger partial charge in [0.25, 0.3) is 0 Å². The fourth-order valence-corrected chi connectivity index (χ4v) is 3.16. The van der Waals surface area contributed by atoms with Crippen molar-refractivity contribution in [3.63, 3.8) is 0 Å². The van der Waals surface area contributed by atoms with Gasteiger partial charge < -0.3 is 13.9 Å². The maximum Gasteiger partial charge on any atom is 0.336 e. The highest BCUT2D eigenvalue weighted by molar-refractivity contribution is 7.12. The van der Waals surface area contributed by atoms with Crippen LogP contribution >= 0.6 is 11.3 Å². The normalized spacial score (nSPS) is 10.7. The Morgan fingerprint density at radius 2 is 2.00 bits per heavy atom. The van der Waals surface area contributed by atoms with E-state index in [1.165, 1.54) is 24.5 Å². The third-order valence-corrected chi connectivity index (χ3v) is 4.69. The van der Waals surface area contributed by atoms with Crippen LogP contribution in [0.5, 0.6) is 5.75 Å². The van der Waals surface area contributed by atoms with E-state index < -0.39 is 11.6 Å². The van der Waals surface area contributed by atoms with E-state index in [2.05, 4.69) is 0 Å². The van der Waals surface area contributed by atoms with Crippen molar-refractivity contribution in [1.82, 2.24) is 0 Å². The molecule has 0 aliphatic heterocycles. The van der Waals surface area contributed by atoms with Gasteiger partial charge in [0.1, 0.15) is 17.9 Å². The molecule has 26 heavy (non-hydrogen) atoms. The van der Waals surface area contributed by atoms with E-state index in [9.17, 15) is 14.4 Å². The van der Waals surface area contributed by atoms with Gasteiger partial charge in [0.05, 0.1) is 18.4 Å². The summed E-state index contributed by atoms with van der Waals surface area (Å²) in [4.78, 5) is 36.1. The van der Waals surface area contributed by atoms with Crippen molar-refractivity contribution in [1.29, 1.82) is 0 Å². The number of fused-ring (bicyclic) bond motifs is 1. The van der Waals surface area contributed by atoms with Crippen LogP contribution in [0.25, 0.3) is 11.0 Å². The van der Waals surface area contributed by atoms with Crippen LogP contribution in [0.2, 0.25) is 0 Å². The van der Waals surface area contributed by atoms with Crippen LogP contribution in [0.15, 0.2) is 51.0 Å². The van der Waals surface area contributed by atoms with Crippen LogP contribution in [-0.4, -0.2) is 18.9 Å². The van der Waals surface area contributed by atoms with E-state index in [1.807, 2.05) is 5.38 Å². The molecule has 0 saturated heterocycles. The SMILES string of the molecule is COc1ccc2c(COC(=O)CCC(=O)c3cccs3)cc(=O)oc2c1. The average molecular weight is 372 g/mol. The van der Waals surface area contributed by atoms with Crippen LogP contribution < -0.4 is 10.4 Å². The molecule has 0 atom stereocenters. The molecule has 3 aromatic rings. The molecule has 0 saturated carbocycles. The van der Waals surface area contributed by atoms with Crippen LogP contribution in [-0.2, 0) is 16.1 Å². The fraction of sp³-hybridized carbons (Fsp3) is 0.211. The predicted molar refractivity (Wildman–Crippen MR) is 96.7 cm³/mol. The maximum absolute atomic E-state index is 11.9. The minimum Gasteiger partial charge on any atom is -0.497 e. The van der Waals surface area contributed by atoms with E-state index in [1.54, 1.807) is 30.3 Å². The third-order valence-electron chi connectivity index (χ3n) is 3.78. The summed E-state index contributed by atoms with van der Waals surface area (Å²) < 4.78 is 15.5. The average Bonchev–Trinajstić information content (AvgIpc) is 3.18. The molecular formula is C19H16O6S. The van der Waals surface area contributed by atoms with E-state index >= 15 is 0 Å². The molecule has 3 rings (SSSR count). The standard InChI is InChI=1S/C19H16O6S/c1-23-13-4-5-14-12(9-19(22)25-16(14)10-13)11-24-18(21)7-6-15(20)17-3-2-8-26-17/h2-5,8-10H,6-7,11H2,1H3. The first-order valence-electron chi connectivity index (χ1n) is 7.90. The first-order chi connectivity index (χ1) is 12.6. The molecule has 0 aliphatic carbocycles. The molecule has 0 aliphatic rings. The number of rotatable bonds is 7. The number of benzene rings is 1. The third kappa shape index (κ3) is 4.18. The van der Waals surface area contributed by atoms with Gasteiger partial charge in [-0.3, -0.25) is 9.59 Å². The number of carbonyl (C=O) groups is 2. The van der Waals surface area contributed by atoms with Crippen molar-refractivity contribution in [2.75, 3.05) is 7.11 Å². The van der Waals surface area contributed by atoms with E-state index in [0.29, 0.717) is 27.2 Å². The molecule has 0 unspecified atom stereocenters. The molecular weight excluding hydrogens is 356 g/mol. The highest BCUT2D eigenvalue weighted by Crippen LogP contribution is 2.23. The number of thiophene rings is 1. The topological polar surface area (TPSA) is 82.8 Å². The van der Waals surface area contributed by atoms with Crippen molar-refractivity contribution in [3.8, 4) is 5.75 Å². The van der Waals surface area contributed by atoms with E-state index in [-0.39, 0.29) is 25.2 Å². The van der Waals surface area contributed by atoms with Gasteiger partial charge in [0.15, 0.2) is 5.78 Å². The fourth-order valence-electron chi connectivity index (χ4n) is 2.46. The summed E-state index contributed by atoms with van der Waals surface area (Å²) in [5, 5.41) is 2.47. The maximum atomic E-state index is 11.9. The molecule has 2 aromatic heterocycles. The molecule has 0 bridgehead atoms. The Labute approximate surface area is 153 Å². The number of ether oxygens (including phenoxy) is 2. The Morgan fingerprint density at radius 3 is 2.73 bits per heavy atom. The molecule has 0 fully saturated rings. The van der Waals surface area contributed by atoms with Crippen molar-refractivity contribution in [2.24, 2.45) is 0 Å². The van der Waals surface area contributed by atoms with Crippen molar-refractivity contribution in [3.05, 3.63) is 62.6 Å². The number of esters is 1. The minimum absolute atomic E-state index is 0.00999. The van der Waals surface area contributed by atoms with Gasteiger partial charge in [-0.2, -0.15) is 0 Å². The Balaban J connectivity index is 1.64. The Hall–Kier alpha value is -2.93.